The number of hydrogen-bond donors (Lipinski definition) is 1. The van der Waals surface area contributed by atoms with Crippen molar-refractivity contribution in [2.45, 2.75) is 38.8 Å². The average molecular weight is 422 g/mol. The fourth-order valence-corrected chi connectivity index (χ4v) is 5.37. The molecular weight excluding hydrogens is 386 g/mol. The highest BCUT2D eigenvalue weighted by atomic mass is 16.5. The summed E-state index contributed by atoms with van der Waals surface area (Å²) in [6.45, 7) is 6.28. The molecule has 0 aromatic heterocycles. The minimum Gasteiger partial charge on any atom is -0.495 e. The van der Waals surface area contributed by atoms with Crippen LogP contribution in [0.1, 0.15) is 30.4 Å². The van der Waals surface area contributed by atoms with E-state index in [0.717, 1.165) is 31.7 Å². The molecule has 0 spiro atoms. The number of nitrogens with zero attached hydrogens (tertiary/aromatic N) is 2. The molecule has 0 saturated carbocycles. The van der Waals surface area contributed by atoms with Gasteiger partial charge in [-0.25, -0.2) is 0 Å². The summed E-state index contributed by atoms with van der Waals surface area (Å²) >= 11 is 0. The minimum atomic E-state index is 0.0204. The van der Waals surface area contributed by atoms with Gasteiger partial charge in [0.2, 0.25) is 5.91 Å². The Labute approximate surface area is 186 Å². The molecule has 2 aromatic rings. The van der Waals surface area contributed by atoms with Crippen LogP contribution in [0.3, 0.4) is 0 Å². The van der Waals surface area contributed by atoms with Crippen molar-refractivity contribution in [2.75, 3.05) is 39.1 Å². The summed E-state index contributed by atoms with van der Waals surface area (Å²) in [5, 5.41) is 3.09. The van der Waals surface area contributed by atoms with Crippen LogP contribution in [0.4, 0.5) is 5.69 Å². The molecule has 5 heteroatoms. The Morgan fingerprint density at radius 1 is 1.16 bits per heavy atom. The zero-order chi connectivity index (χ0) is 21.8. The Morgan fingerprint density at radius 3 is 2.81 bits per heavy atom. The average Bonchev–Trinajstić information content (AvgIpc) is 3.16. The Morgan fingerprint density at radius 2 is 2.00 bits per heavy atom. The van der Waals surface area contributed by atoms with Crippen molar-refractivity contribution in [3.63, 3.8) is 0 Å². The molecule has 31 heavy (non-hydrogen) atoms. The standard InChI is InChI=1S/C26H35N3O2/c1-19-8-6-9-20(14-19)16-29-13-7-10-21(18-29)24-15-22(17-28(24)2)26(30)27-23-11-4-5-12-25(23)31-3/h4-6,8-9,11-12,14,21-22,24H,7,10,13,15-18H2,1-3H3,(H,27,30)/t21-,22-,24-/m1/s1. The number of ether oxygens (including phenoxy) is 1. The third-order valence-electron chi connectivity index (χ3n) is 6.91. The van der Waals surface area contributed by atoms with Crippen LogP contribution in [0.15, 0.2) is 48.5 Å². The van der Waals surface area contributed by atoms with E-state index < -0.39 is 0 Å². The number of carbonyl (C=O) groups excluding carboxylic acids is 1. The molecule has 0 aliphatic carbocycles. The van der Waals surface area contributed by atoms with Gasteiger partial charge in [0.25, 0.3) is 0 Å². The molecule has 2 saturated heterocycles. The van der Waals surface area contributed by atoms with E-state index in [0.29, 0.717) is 17.7 Å². The maximum absolute atomic E-state index is 13.0. The Bertz CT molecular complexity index is 900. The van der Waals surface area contributed by atoms with Gasteiger partial charge in [-0.3, -0.25) is 9.69 Å². The van der Waals surface area contributed by atoms with Gasteiger partial charge in [-0.2, -0.15) is 0 Å². The van der Waals surface area contributed by atoms with E-state index in [4.69, 9.17) is 4.74 Å². The van der Waals surface area contributed by atoms with Crippen LogP contribution in [-0.4, -0.2) is 55.5 Å². The largest absolute Gasteiger partial charge is 0.495 e. The third kappa shape index (κ3) is 5.28. The predicted molar refractivity (Wildman–Crippen MR) is 125 cm³/mol. The number of para-hydroxylation sites is 2. The van der Waals surface area contributed by atoms with Crippen molar-refractivity contribution < 1.29 is 9.53 Å². The number of piperidine rings is 1. The van der Waals surface area contributed by atoms with E-state index in [2.05, 4.69) is 53.4 Å². The summed E-state index contributed by atoms with van der Waals surface area (Å²) in [5.74, 6) is 1.45. The van der Waals surface area contributed by atoms with Crippen LogP contribution in [0.25, 0.3) is 0 Å². The van der Waals surface area contributed by atoms with Crippen molar-refractivity contribution in [3.8, 4) is 5.75 Å². The molecule has 0 bridgehead atoms. The highest BCUT2D eigenvalue weighted by Crippen LogP contribution is 2.34. The maximum Gasteiger partial charge on any atom is 0.228 e. The predicted octanol–water partition coefficient (Wildman–Crippen LogP) is 4.17. The molecule has 2 aromatic carbocycles. The zero-order valence-corrected chi connectivity index (χ0v) is 19.0. The van der Waals surface area contributed by atoms with Crippen molar-refractivity contribution >= 4 is 11.6 Å². The van der Waals surface area contributed by atoms with Gasteiger partial charge in [0.15, 0.2) is 0 Å². The smallest absolute Gasteiger partial charge is 0.228 e. The molecule has 1 amide bonds. The van der Waals surface area contributed by atoms with Crippen LogP contribution in [0, 0.1) is 18.8 Å². The molecule has 166 valence electrons. The van der Waals surface area contributed by atoms with Gasteiger partial charge in [0.1, 0.15) is 5.75 Å². The van der Waals surface area contributed by atoms with Gasteiger partial charge in [-0.05, 0) is 63.4 Å². The van der Waals surface area contributed by atoms with Crippen LogP contribution in [-0.2, 0) is 11.3 Å². The number of methoxy groups -OCH3 is 1. The molecule has 3 atom stereocenters. The van der Waals surface area contributed by atoms with Crippen molar-refractivity contribution in [3.05, 3.63) is 59.7 Å². The molecule has 5 nitrogen and oxygen atoms in total. The van der Waals surface area contributed by atoms with E-state index in [1.54, 1.807) is 7.11 Å². The molecule has 4 rings (SSSR count). The van der Waals surface area contributed by atoms with Crippen LogP contribution >= 0.6 is 0 Å². The fraction of sp³-hybridized carbons (Fsp3) is 0.500. The molecule has 2 fully saturated rings. The Hall–Kier alpha value is -2.37. The number of likely N-dealkylation sites (tertiary alicyclic amines) is 2. The first-order chi connectivity index (χ1) is 15.0. The highest BCUT2D eigenvalue weighted by molar-refractivity contribution is 5.94. The zero-order valence-electron chi connectivity index (χ0n) is 19.0. The third-order valence-corrected chi connectivity index (χ3v) is 6.91. The molecule has 2 aliphatic heterocycles. The highest BCUT2D eigenvalue weighted by Gasteiger charge is 2.39. The lowest BCUT2D eigenvalue weighted by atomic mass is 9.87. The van der Waals surface area contributed by atoms with Gasteiger partial charge in [0.05, 0.1) is 18.7 Å². The van der Waals surface area contributed by atoms with Gasteiger partial charge < -0.3 is 15.0 Å². The first-order valence-corrected chi connectivity index (χ1v) is 11.5. The maximum atomic E-state index is 13.0. The minimum absolute atomic E-state index is 0.0204. The second-order valence-electron chi connectivity index (χ2n) is 9.26. The van der Waals surface area contributed by atoms with E-state index in [1.807, 2.05) is 24.3 Å². The van der Waals surface area contributed by atoms with Crippen molar-refractivity contribution in [2.24, 2.45) is 11.8 Å². The number of rotatable bonds is 6. The SMILES string of the molecule is COc1ccccc1NC(=O)[C@@H]1C[C@H]([C@@H]2CCCN(Cc3cccc(C)c3)C2)N(C)C1. The van der Waals surface area contributed by atoms with E-state index in [1.165, 1.54) is 30.5 Å². The quantitative estimate of drug-likeness (QED) is 0.760. The van der Waals surface area contributed by atoms with Crippen LogP contribution < -0.4 is 10.1 Å². The Kier molecular flexibility index (Phi) is 6.93. The number of nitrogens with one attached hydrogen (secondary N) is 1. The van der Waals surface area contributed by atoms with Gasteiger partial charge in [0, 0.05) is 25.7 Å². The second-order valence-corrected chi connectivity index (χ2v) is 9.26. The number of aryl methyl sites for hydroxylation is 1. The summed E-state index contributed by atoms with van der Waals surface area (Å²) in [7, 11) is 3.82. The Balaban J connectivity index is 1.36. The first kappa shape index (κ1) is 21.8. The molecule has 0 unspecified atom stereocenters. The number of carbonyl (C=O) groups is 1. The lowest BCUT2D eigenvalue weighted by Gasteiger charge is -2.38. The first-order valence-electron chi connectivity index (χ1n) is 11.5. The lowest BCUT2D eigenvalue weighted by Crippen LogP contribution is -2.43. The second kappa shape index (κ2) is 9.84. The van der Waals surface area contributed by atoms with Gasteiger partial charge >= 0.3 is 0 Å². The lowest BCUT2D eigenvalue weighted by molar-refractivity contribution is -0.119. The van der Waals surface area contributed by atoms with Gasteiger partial charge in [-0.15, -0.1) is 0 Å². The monoisotopic (exact) mass is 421 g/mol. The van der Waals surface area contributed by atoms with Crippen molar-refractivity contribution in [1.29, 1.82) is 0 Å². The van der Waals surface area contributed by atoms with Crippen LogP contribution in [0.2, 0.25) is 0 Å². The number of amides is 1. The van der Waals surface area contributed by atoms with Crippen LogP contribution in [0.5, 0.6) is 5.75 Å². The summed E-state index contributed by atoms with van der Waals surface area (Å²) in [4.78, 5) is 18.0. The topological polar surface area (TPSA) is 44.8 Å². The molecule has 2 aliphatic rings. The summed E-state index contributed by atoms with van der Waals surface area (Å²) in [6, 6.07) is 16.9. The van der Waals surface area contributed by atoms with Gasteiger partial charge in [-0.1, -0.05) is 42.0 Å². The number of anilines is 1. The van der Waals surface area contributed by atoms with E-state index >= 15 is 0 Å². The fourth-order valence-electron chi connectivity index (χ4n) is 5.37. The van der Waals surface area contributed by atoms with E-state index in [9.17, 15) is 4.79 Å². The van der Waals surface area contributed by atoms with E-state index in [-0.39, 0.29) is 11.8 Å². The molecular formula is C26H35N3O2. The number of hydrogen-bond acceptors (Lipinski definition) is 4. The number of benzene rings is 2. The summed E-state index contributed by atoms with van der Waals surface area (Å²) < 4.78 is 5.38. The normalized spacial score (nSPS) is 24.8. The molecule has 0 radical (unpaired) electrons. The molecule has 1 N–H and O–H groups in total. The molecule has 2 heterocycles. The van der Waals surface area contributed by atoms with Crippen molar-refractivity contribution in [1.82, 2.24) is 9.80 Å². The summed E-state index contributed by atoms with van der Waals surface area (Å²) in [5.41, 5.74) is 3.48. The summed E-state index contributed by atoms with van der Waals surface area (Å²) in [6.07, 6.45) is 3.42.